The predicted molar refractivity (Wildman–Crippen MR) is 93.1 cm³/mol. The van der Waals surface area contributed by atoms with Gasteiger partial charge in [-0.05, 0) is 43.6 Å². The number of nitrogens with two attached hydrogens (primary N) is 1. The fourth-order valence-corrected chi connectivity index (χ4v) is 2.14. The van der Waals surface area contributed by atoms with Crippen LogP contribution in [-0.2, 0) is 22.6 Å². The number of nitrogens with zero attached hydrogens (tertiary/aromatic N) is 1. The van der Waals surface area contributed by atoms with Crippen molar-refractivity contribution in [1.29, 1.82) is 0 Å². The topological polar surface area (TPSA) is 117 Å². The van der Waals surface area contributed by atoms with E-state index in [4.69, 9.17) is 30.0 Å². The molecule has 7 nitrogen and oxygen atoms in total. The molecule has 0 spiro atoms. The van der Waals surface area contributed by atoms with Gasteiger partial charge in [0.2, 0.25) is 0 Å². The molecule has 2 aromatic rings. The molecular weight excluding hydrogens is 324 g/mol. The number of carboxylic acids is 2. The summed E-state index contributed by atoms with van der Waals surface area (Å²) in [5, 5.41) is 14.8. The normalized spacial score (nSPS) is 10.2. The Morgan fingerprint density at radius 2 is 1.68 bits per heavy atom. The summed E-state index contributed by atoms with van der Waals surface area (Å²) in [4.78, 5) is 20.6. The molecule has 0 bridgehead atoms. The van der Waals surface area contributed by atoms with Crippen LogP contribution in [0.5, 0.6) is 0 Å². The van der Waals surface area contributed by atoms with Crippen molar-refractivity contribution in [2.75, 3.05) is 19.6 Å². The van der Waals surface area contributed by atoms with Crippen molar-refractivity contribution in [1.82, 2.24) is 4.90 Å². The molecular formula is C18H24N2O5. The largest absolute Gasteiger partial charge is 0.473 e. The van der Waals surface area contributed by atoms with E-state index in [9.17, 15) is 0 Å². The van der Waals surface area contributed by atoms with E-state index in [0.29, 0.717) is 0 Å². The molecule has 0 aliphatic rings. The zero-order chi connectivity index (χ0) is 18.5. The standard InChI is InChI=1S/C16H22N2O.C2H2O4/c17-10-5-11-18(14-16-8-4-13-19-16)12-9-15-6-2-1-3-7-15;3-1(4)2(5)6/h1-4,6-8,13H,5,9-12,14,17H2;(H,3,4)(H,5,6). The maximum atomic E-state index is 9.10. The maximum Gasteiger partial charge on any atom is 0.414 e. The summed E-state index contributed by atoms with van der Waals surface area (Å²) < 4.78 is 5.42. The lowest BCUT2D eigenvalue weighted by Gasteiger charge is -2.20. The highest BCUT2D eigenvalue weighted by molar-refractivity contribution is 6.27. The molecule has 0 unspecified atom stereocenters. The first-order valence-corrected chi connectivity index (χ1v) is 7.98. The summed E-state index contributed by atoms with van der Waals surface area (Å²) in [6.07, 6.45) is 3.81. The van der Waals surface area contributed by atoms with Crippen LogP contribution in [-0.4, -0.2) is 46.7 Å². The van der Waals surface area contributed by atoms with Crippen molar-refractivity contribution in [3.63, 3.8) is 0 Å². The highest BCUT2D eigenvalue weighted by Gasteiger charge is 2.07. The predicted octanol–water partition coefficient (Wildman–Crippen LogP) is 1.83. The Labute approximate surface area is 146 Å². The molecule has 4 N–H and O–H groups in total. The molecule has 0 saturated carbocycles. The number of rotatable bonds is 8. The van der Waals surface area contributed by atoms with Gasteiger partial charge in [0.25, 0.3) is 0 Å². The van der Waals surface area contributed by atoms with E-state index >= 15 is 0 Å². The second kappa shape index (κ2) is 11.8. The zero-order valence-corrected chi connectivity index (χ0v) is 14.0. The van der Waals surface area contributed by atoms with Gasteiger partial charge in [0.1, 0.15) is 5.76 Å². The molecule has 0 aliphatic carbocycles. The molecule has 0 aliphatic heterocycles. The molecule has 0 radical (unpaired) electrons. The van der Waals surface area contributed by atoms with Gasteiger partial charge in [-0.25, -0.2) is 9.59 Å². The van der Waals surface area contributed by atoms with Gasteiger partial charge in [0.05, 0.1) is 12.8 Å². The third-order valence-electron chi connectivity index (χ3n) is 3.38. The van der Waals surface area contributed by atoms with Gasteiger partial charge in [-0.1, -0.05) is 30.3 Å². The van der Waals surface area contributed by atoms with Crippen molar-refractivity contribution < 1.29 is 24.2 Å². The lowest BCUT2D eigenvalue weighted by molar-refractivity contribution is -0.159. The van der Waals surface area contributed by atoms with Crippen molar-refractivity contribution in [3.8, 4) is 0 Å². The molecule has 0 amide bonds. The second-order valence-corrected chi connectivity index (χ2v) is 5.34. The van der Waals surface area contributed by atoms with E-state index in [-0.39, 0.29) is 0 Å². The van der Waals surface area contributed by atoms with Crippen molar-refractivity contribution in [3.05, 3.63) is 60.1 Å². The molecule has 1 aromatic carbocycles. The highest BCUT2D eigenvalue weighted by atomic mass is 16.4. The Bertz CT molecular complexity index is 602. The van der Waals surface area contributed by atoms with Gasteiger partial charge in [-0.15, -0.1) is 0 Å². The van der Waals surface area contributed by atoms with Crippen LogP contribution in [0.25, 0.3) is 0 Å². The van der Waals surface area contributed by atoms with Gasteiger partial charge < -0.3 is 20.4 Å². The van der Waals surface area contributed by atoms with Crippen LogP contribution in [0.2, 0.25) is 0 Å². The van der Waals surface area contributed by atoms with Crippen LogP contribution in [0, 0.1) is 0 Å². The number of benzene rings is 1. The third-order valence-corrected chi connectivity index (χ3v) is 3.38. The van der Waals surface area contributed by atoms with E-state index < -0.39 is 11.9 Å². The molecule has 1 heterocycles. The van der Waals surface area contributed by atoms with Gasteiger partial charge >= 0.3 is 11.9 Å². The highest BCUT2D eigenvalue weighted by Crippen LogP contribution is 2.08. The first-order chi connectivity index (χ1) is 12.0. The quantitative estimate of drug-likeness (QED) is 0.623. The van der Waals surface area contributed by atoms with Crippen molar-refractivity contribution >= 4 is 11.9 Å². The number of carbonyl (C=O) groups is 2. The molecule has 1 aromatic heterocycles. The first-order valence-electron chi connectivity index (χ1n) is 7.98. The van der Waals surface area contributed by atoms with E-state index in [2.05, 4.69) is 35.2 Å². The minimum atomic E-state index is -1.82. The van der Waals surface area contributed by atoms with Gasteiger partial charge in [-0.3, -0.25) is 4.90 Å². The van der Waals surface area contributed by atoms with E-state index in [1.165, 1.54) is 5.56 Å². The smallest absolute Gasteiger partial charge is 0.414 e. The number of aliphatic carboxylic acids is 2. The average molecular weight is 348 g/mol. The van der Waals surface area contributed by atoms with Crippen LogP contribution in [0.15, 0.2) is 53.1 Å². The molecule has 0 atom stereocenters. The van der Waals surface area contributed by atoms with E-state index in [0.717, 1.165) is 44.8 Å². The fourth-order valence-electron chi connectivity index (χ4n) is 2.14. The summed E-state index contributed by atoms with van der Waals surface area (Å²) in [6.45, 7) is 3.65. The molecule has 0 saturated heterocycles. The lowest BCUT2D eigenvalue weighted by Crippen LogP contribution is -2.28. The molecule has 25 heavy (non-hydrogen) atoms. The number of furan rings is 1. The van der Waals surface area contributed by atoms with Gasteiger partial charge in [-0.2, -0.15) is 0 Å². The lowest BCUT2D eigenvalue weighted by atomic mass is 10.1. The van der Waals surface area contributed by atoms with E-state index in [1.807, 2.05) is 12.1 Å². The molecule has 136 valence electrons. The summed E-state index contributed by atoms with van der Waals surface area (Å²) in [5.41, 5.74) is 6.98. The van der Waals surface area contributed by atoms with Crippen molar-refractivity contribution in [2.24, 2.45) is 5.73 Å². The SMILES string of the molecule is NCCCN(CCc1ccccc1)Cc1ccco1.O=C(O)C(=O)O. The van der Waals surface area contributed by atoms with Crippen LogP contribution in [0.4, 0.5) is 0 Å². The van der Waals surface area contributed by atoms with Gasteiger partial charge in [0.15, 0.2) is 0 Å². The summed E-state index contributed by atoms with van der Waals surface area (Å²) in [6, 6.07) is 14.5. The Balaban J connectivity index is 0.000000450. The number of hydrogen-bond donors (Lipinski definition) is 3. The van der Waals surface area contributed by atoms with Gasteiger partial charge in [0, 0.05) is 6.54 Å². The Hall–Kier alpha value is -2.64. The Morgan fingerprint density at radius 3 is 2.20 bits per heavy atom. The fraction of sp³-hybridized carbons (Fsp3) is 0.333. The second-order valence-electron chi connectivity index (χ2n) is 5.34. The number of carboxylic acid groups (broad SMARTS) is 2. The number of hydrogen-bond acceptors (Lipinski definition) is 5. The summed E-state index contributed by atoms with van der Waals surface area (Å²) in [5.74, 6) is -2.63. The third kappa shape index (κ3) is 9.29. The summed E-state index contributed by atoms with van der Waals surface area (Å²) >= 11 is 0. The minimum Gasteiger partial charge on any atom is -0.473 e. The van der Waals surface area contributed by atoms with Crippen LogP contribution in [0.1, 0.15) is 17.7 Å². The molecule has 7 heteroatoms. The van der Waals surface area contributed by atoms with Crippen LogP contribution < -0.4 is 5.73 Å². The average Bonchev–Trinajstić information content (AvgIpc) is 3.11. The van der Waals surface area contributed by atoms with Crippen molar-refractivity contribution in [2.45, 2.75) is 19.4 Å². The van der Waals surface area contributed by atoms with Crippen LogP contribution >= 0.6 is 0 Å². The maximum absolute atomic E-state index is 9.10. The summed E-state index contributed by atoms with van der Waals surface area (Å²) in [7, 11) is 0. The monoisotopic (exact) mass is 348 g/mol. The molecule has 0 fully saturated rings. The zero-order valence-electron chi connectivity index (χ0n) is 14.0. The Kier molecular flexibility index (Phi) is 9.65. The van der Waals surface area contributed by atoms with Crippen LogP contribution in [0.3, 0.4) is 0 Å². The van der Waals surface area contributed by atoms with E-state index in [1.54, 1.807) is 6.26 Å². The Morgan fingerprint density at radius 1 is 1.00 bits per heavy atom. The first kappa shape index (κ1) is 20.4. The molecule has 2 rings (SSSR count). The minimum absolute atomic E-state index is 0.736.